The first-order chi connectivity index (χ1) is 22.8. The molecule has 0 fully saturated rings. The van der Waals surface area contributed by atoms with Crippen LogP contribution in [-0.2, 0) is 0 Å². The second-order valence-electron chi connectivity index (χ2n) is 11.7. The zero-order chi connectivity index (χ0) is 30.5. The monoisotopic (exact) mass is 603 g/mol. The summed E-state index contributed by atoms with van der Waals surface area (Å²) in [7, 11) is 0. The Labute approximate surface area is 272 Å². The van der Waals surface area contributed by atoms with Gasteiger partial charge < -0.3 is 4.90 Å². The predicted molar refractivity (Wildman–Crippen MR) is 200 cm³/mol. The molecule has 0 atom stereocenters. The molecule has 0 amide bonds. The lowest BCUT2D eigenvalue weighted by atomic mass is 9.98. The Morgan fingerprint density at radius 2 is 0.957 bits per heavy atom. The second kappa shape index (κ2) is 11.0. The molecule has 9 rings (SSSR count). The van der Waals surface area contributed by atoms with E-state index in [0.29, 0.717) is 0 Å². The highest BCUT2D eigenvalue weighted by molar-refractivity contribution is 7.26. The Kier molecular flexibility index (Phi) is 6.40. The van der Waals surface area contributed by atoms with Crippen molar-refractivity contribution in [2.24, 2.45) is 0 Å². The van der Waals surface area contributed by atoms with Gasteiger partial charge >= 0.3 is 0 Å². The molecule has 0 aliphatic carbocycles. The normalized spacial score (nSPS) is 11.5. The molecule has 46 heavy (non-hydrogen) atoms. The number of thiophene rings is 1. The van der Waals surface area contributed by atoms with E-state index in [2.05, 4.69) is 181 Å². The fraction of sp³-hybridized carbons (Fsp3) is 0. The topological polar surface area (TPSA) is 3.24 Å². The fourth-order valence-corrected chi connectivity index (χ4v) is 8.09. The van der Waals surface area contributed by atoms with Crippen molar-refractivity contribution in [3.63, 3.8) is 0 Å². The molecular formula is C44H29NS. The molecule has 0 N–H and O–H groups in total. The van der Waals surface area contributed by atoms with Gasteiger partial charge in [-0.1, -0.05) is 140 Å². The maximum atomic E-state index is 2.41. The molecule has 0 saturated carbocycles. The van der Waals surface area contributed by atoms with Crippen molar-refractivity contribution in [3.05, 3.63) is 176 Å². The lowest BCUT2D eigenvalue weighted by Crippen LogP contribution is -2.10. The van der Waals surface area contributed by atoms with Gasteiger partial charge in [0.1, 0.15) is 0 Å². The van der Waals surface area contributed by atoms with Gasteiger partial charge in [-0.25, -0.2) is 0 Å². The van der Waals surface area contributed by atoms with Crippen LogP contribution in [0.2, 0.25) is 0 Å². The van der Waals surface area contributed by atoms with E-state index in [1.54, 1.807) is 0 Å². The van der Waals surface area contributed by atoms with E-state index in [-0.39, 0.29) is 0 Å². The summed E-state index contributed by atoms with van der Waals surface area (Å²) in [6.07, 6.45) is 0. The van der Waals surface area contributed by atoms with Crippen molar-refractivity contribution in [2.45, 2.75) is 0 Å². The number of hydrogen-bond acceptors (Lipinski definition) is 2. The molecule has 1 heterocycles. The van der Waals surface area contributed by atoms with Crippen LogP contribution in [0.1, 0.15) is 0 Å². The second-order valence-corrected chi connectivity index (χ2v) is 12.8. The van der Waals surface area contributed by atoms with Crippen LogP contribution in [0.25, 0.3) is 64.0 Å². The molecule has 1 nitrogen and oxygen atoms in total. The lowest BCUT2D eigenvalue weighted by molar-refractivity contribution is 1.30. The van der Waals surface area contributed by atoms with Gasteiger partial charge in [-0.05, 0) is 74.8 Å². The van der Waals surface area contributed by atoms with Crippen molar-refractivity contribution in [1.29, 1.82) is 0 Å². The standard InChI is InChI=1S/C44H29NS/c1-2-10-30(11-3-1)31-22-26-35(27-23-31)45(41-18-8-13-34-21-20-32-12-4-5-14-37(32)43(34)41)36-28-24-33(25-29-36)38-16-9-17-40-39-15-6-7-19-42(39)46-44(38)40/h1-29H. The summed E-state index contributed by atoms with van der Waals surface area (Å²) in [4.78, 5) is 2.41. The number of anilines is 3. The SMILES string of the molecule is c1ccc(-c2ccc(N(c3ccc(-c4cccc5c4sc4ccccc45)cc3)c3cccc4ccc5ccccc5c34)cc2)cc1. The minimum Gasteiger partial charge on any atom is -0.310 e. The average Bonchev–Trinajstić information content (AvgIpc) is 3.52. The van der Waals surface area contributed by atoms with E-state index in [9.17, 15) is 0 Å². The van der Waals surface area contributed by atoms with Gasteiger partial charge in [0, 0.05) is 36.9 Å². The van der Waals surface area contributed by atoms with Crippen LogP contribution < -0.4 is 4.90 Å². The van der Waals surface area contributed by atoms with Gasteiger partial charge in [0.25, 0.3) is 0 Å². The first kappa shape index (κ1) is 26.7. The Morgan fingerprint density at radius 1 is 0.370 bits per heavy atom. The van der Waals surface area contributed by atoms with Gasteiger partial charge in [0.15, 0.2) is 0 Å². The van der Waals surface area contributed by atoms with Gasteiger partial charge in [0.2, 0.25) is 0 Å². The third-order valence-corrected chi connectivity index (χ3v) is 10.3. The van der Waals surface area contributed by atoms with Crippen LogP contribution in [0.3, 0.4) is 0 Å². The minimum absolute atomic E-state index is 1.12. The van der Waals surface area contributed by atoms with Gasteiger partial charge in [-0.2, -0.15) is 0 Å². The molecule has 0 saturated heterocycles. The summed E-state index contributed by atoms with van der Waals surface area (Å²) >= 11 is 1.88. The average molecular weight is 604 g/mol. The van der Waals surface area contributed by atoms with Crippen LogP contribution in [0.5, 0.6) is 0 Å². The number of nitrogens with zero attached hydrogens (tertiary/aromatic N) is 1. The zero-order valence-corrected chi connectivity index (χ0v) is 25.9. The number of fused-ring (bicyclic) bond motifs is 6. The molecule has 0 spiro atoms. The molecule has 0 aliphatic heterocycles. The van der Waals surface area contributed by atoms with Crippen LogP contribution in [0, 0.1) is 0 Å². The fourth-order valence-electron chi connectivity index (χ4n) is 6.85. The summed E-state index contributed by atoms with van der Waals surface area (Å²) in [6, 6.07) is 63.9. The van der Waals surface area contributed by atoms with Crippen LogP contribution in [0.4, 0.5) is 17.1 Å². The first-order valence-corrected chi connectivity index (χ1v) is 16.5. The molecule has 0 radical (unpaired) electrons. The highest BCUT2D eigenvalue weighted by atomic mass is 32.1. The van der Waals surface area contributed by atoms with Crippen molar-refractivity contribution in [1.82, 2.24) is 0 Å². The summed E-state index contributed by atoms with van der Waals surface area (Å²) < 4.78 is 2.67. The molecule has 8 aromatic carbocycles. The van der Waals surface area contributed by atoms with Crippen LogP contribution in [-0.4, -0.2) is 0 Å². The number of rotatable bonds is 5. The van der Waals surface area contributed by atoms with Gasteiger partial charge in [0.05, 0.1) is 5.69 Å². The predicted octanol–water partition coefficient (Wildman–Crippen LogP) is 13.2. The van der Waals surface area contributed by atoms with E-state index >= 15 is 0 Å². The van der Waals surface area contributed by atoms with E-state index < -0.39 is 0 Å². The molecule has 0 aliphatic rings. The highest BCUT2D eigenvalue weighted by Crippen LogP contribution is 2.44. The third-order valence-electron chi connectivity index (χ3n) is 9.06. The highest BCUT2D eigenvalue weighted by Gasteiger charge is 2.18. The van der Waals surface area contributed by atoms with Gasteiger partial charge in [-0.3, -0.25) is 0 Å². The largest absolute Gasteiger partial charge is 0.310 e. The Hall–Kier alpha value is -5.70. The van der Waals surface area contributed by atoms with Gasteiger partial charge in [-0.15, -0.1) is 11.3 Å². The lowest BCUT2D eigenvalue weighted by Gasteiger charge is -2.28. The maximum Gasteiger partial charge on any atom is 0.0546 e. The van der Waals surface area contributed by atoms with Crippen LogP contribution >= 0.6 is 11.3 Å². The van der Waals surface area contributed by atoms with E-state index in [0.717, 1.165) is 11.4 Å². The smallest absolute Gasteiger partial charge is 0.0546 e. The summed E-state index contributed by atoms with van der Waals surface area (Å²) in [5.41, 5.74) is 8.35. The summed E-state index contributed by atoms with van der Waals surface area (Å²) in [5.74, 6) is 0. The van der Waals surface area contributed by atoms with Crippen molar-refractivity contribution >= 4 is 70.1 Å². The number of hydrogen-bond donors (Lipinski definition) is 0. The molecule has 216 valence electrons. The molecule has 0 unspecified atom stereocenters. The van der Waals surface area contributed by atoms with Crippen molar-refractivity contribution in [2.75, 3.05) is 4.90 Å². The van der Waals surface area contributed by atoms with Crippen LogP contribution in [0.15, 0.2) is 176 Å². The Morgan fingerprint density at radius 3 is 1.76 bits per heavy atom. The summed E-state index contributed by atoms with van der Waals surface area (Å²) in [5, 5.41) is 7.64. The molecule has 0 bridgehead atoms. The van der Waals surface area contributed by atoms with E-state index in [1.165, 1.54) is 69.7 Å². The van der Waals surface area contributed by atoms with E-state index in [1.807, 2.05) is 11.3 Å². The Bertz CT molecular complexity index is 2510. The Balaban J connectivity index is 1.22. The third kappa shape index (κ3) is 4.46. The van der Waals surface area contributed by atoms with Crippen molar-refractivity contribution in [3.8, 4) is 22.3 Å². The first-order valence-electron chi connectivity index (χ1n) is 15.7. The number of benzene rings is 8. The quantitative estimate of drug-likeness (QED) is 0.177. The maximum absolute atomic E-state index is 2.41. The zero-order valence-electron chi connectivity index (χ0n) is 25.1. The minimum atomic E-state index is 1.12. The summed E-state index contributed by atoms with van der Waals surface area (Å²) in [6.45, 7) is 0. The van der Waals surface area contributed by atoms with E-state index in [4.69, 9.17) is 0 Å². The molecule has 2 heteroatoms. The molecule has 1 aromatic heterocycles. The molecule has 9 aromatic rings. The molecular weight excluding hydrogens is 575 g/mol. The van der Waals surface area contributed by atoms with Crippen molar-refractivity contribution < 1.29 is 0 Å².